The van der Waals surface area contributed by atoms with Crippen molar-refractivity contribution >= 4 is 5.91 Å². The Kier molecular flexibility index (Phi) is 5.28. The van der Waals surface area contributed by atoms with Gasteiger partial charge in [0.25, 0.3) is 5.91 Å². The minimum Gasteiger partial charge on any atom is -0.481 e. The van der Waals surface area contributed by atoms with Crippen LogP contribution in [-0.2, 0) is 10.4 Å². The highest BCUT2D eigenvalue weighted by Crippen LogP contribution is 2.32. The molecule has 2 aromatic rings. The van der Waals surface area contributed by atoms with Crippen molar-refractivity contribution in [2.45, 2.75) is 45.3 Å². The van der Waals surface area contributed by atoms with Crippen LogP contribution in [0.4, 0.5) is 0 Å². The van der Waals surface area contributed by atoms with Crippen LogP contribution in [0.5, 0.6) is 5.75 Å². The molecule has 1 aromatic heterocycles. The van der Waals surface area contributed by atoms with Gasteiger partial charge in [-0.25, -0.2) is 0 Å². The summed E-state index contributed by atoms with van der Waals surface area (Å²) >= 11 is 0. The van der Waals surface area contributed by atoms with Gasteiger partial charge in [-0.1, -0.05) is 18.2 Å². The summed E-state index contributed by atoms with van der Waals surface area (Å²) in [5, 5.41) is 10.9. The fourth-order valence-electron chi connectivity index (χ4n) is 3.36. The Balaban J connectivity index is 1.62. The zero-order valence-electron chi connectivity index (χ0n) is 15.6. The molecule has 1 fully saturated rings. The van der Waals surface area contributed by atoms with Gasteiger partial charge < -0.3 is 14.7 Å². The molecule has 2 heterocycles. The third-order valence-electron chi connectivity index (χ3n) is 5.10. The number of carbonyl (C=O) groups is 1. The van der Waals surface area contributed by atoms with Crippen LogP contribution in [0.15, 0.2) is 42.7 Å². The normalized spacial score (nSPS) is 17.6. The first-order valence-electron chi connectivity index (χ1n) is 9.05. The largest absolute Gasteiger partial charge is 0.481 e. The molecule has 0 bridgehead atoms. The van der Waals surface area contributed by atoms with E-state index >= 15 is 0 Å². The number of hydrogen-bond acceptors (Lipinski definition) is 4. The van der Waals surface area contributed by atoms with Crippen molar-refractivity contribution in [3.63, 3.8) is 0 Å². The van der Waals surface area contributed by atoms with Crippen molar-refractivity contribution in [3.8, 4) is 5.75 Å². The summed E-state index contributed by atoms with van der Waals surface area (Å²) in [6, 6.07) is 9.69. The molecule has 26 heavy (non-hydrogen) atoms. The molecule has 0 aliphatic carbocycles. The van der Waals surface area contributed by atoms with Crippen LogP contribution < -0.4 is 4.74 Å². The topological polar surface area (TPSA) is 62.7 Å². The second-order valence-electron chi connectivity index (χ2n) is 7.13. The van der Waals surface area contributed by atoms with Gasteiger partial charge in [0, 0.05) is 31.0 Å². The van der Waals surface area contributed by atoms with E-state index in [1.165, 1.54) is 0 Å². The molecule has 1 aliphatic heterocycles. The smallest absolute Gasteiger partial charge is 0.263 e. The molecule has 1 N–H and O–H groups in total. The Hall–Kier alpha value is -2.40. The van der Waals surface area contributed by atoms with E-state index in [4.69, 9.17) is 4.74 Å². The second-order valence-corrected chi connectivity index (χ2v) is 7.13. The highest BCUT2D eigenvalue weighted by atomic mass is 16.5. The maximum absolute atomic E-state index is 12.8. The van der Waals surface area contributed by atoms with Gasteiger partial charge in [-0.2, -0.15) is 0 Å². The predicted octanol–water partition coefficient (Wildman–Crippen LogP) is 2.98. The summed E-state index contributed by atoms with van der Waals surface area (Å²) in [5.74, 6) is 0.703. The summed E-state index contributed by atoms with van der Waals surface area (Å²) in [7, 11) is 0. The maximum atomic E-state index is 12.8. The van der Waals surface area contributed by atoms with E-state index in [1.807, 2.05) is 44.2 Å². The lowest BCUT2D eigenvalue weighted by Crippen LogP contribution is -2.49. The molecule has 5 nitrogen and oxygen atoms in total. The van der Waals surface area contributed by atoms with Gasteiger partial charge >= 0.3 is 0 Å². The fourth-order valence-corrected chi connectivity index (χ4v) is 3.36. The molecule has 0 radical (unpaired) electrons. The van der Waals surface area contributed by atoms with Gasteiger partial charge in [-0.3, -0.25) is 9.78 Å². The van der Waals surface area contributed by atoms with Gasteiger partial charge in [0.1, 0.15) is 5.75 Å². The number of nitrogens with zero attached hydrogens (tertiary/aromatic N) is 2. The molecule has 1 atom stereocenters. The SMILES string of the molecule is Cc1ccc(C)c(OC(C)C(=O)N2CCC(O)(c3cccnc3)CC2)c1. The fraction of sp³-hybridized carbons (Fsp3) is 0.429. The van der Waals surface area contributed by atoms with Crippen LogP contribution in [0.1, 0.15) is 36.5 Å². The molecule has 0 spiro atoms. The first kappa shape index (κ1) is 18.4. The lowest BCUT2D eigenvalue weighted by Gasteiger charge is -2.39. The highest BCUT2D eigenvalue weighted by molar-refractivity contribution is 5.81. The van der Waals surface area contributed by atoms with E-state index in [0.29, 0.717) is 25.9 Å². The maximum Gasteiger partial charge on any atom is 0.263 e. The van der Waals surface area contributed by atoms with E-state index in [9.17, 15) is 9.90 Å². The minimum atomic E-state index is -0.914. The molecular weight excluding hydrogens is 328 g/mol. The highest BCUT2D eigenvalue weighted by Gasteiger charge is 2.36. The number of hydrogen-bond donors (Lipinski definition) is 1. The number of amides is 1. The van der Waals surface area contributed by atoms with Crippen molar-refractivity contribution in [1.82, 2.24) is 9.88 Å². The first-order valence-corrected chi connectivity index (χ1v) is 9.05. The van der Waals surface area contributed by atoms with E-state index in [1.54, 1.807) is 24.2 Å². The van der Waals surface area contributed by atoms with Crippen molar-refractivity contribution < 1.29 is 14.6 Å². The lowest BCUT2D eigenvalue weighted by atomic mass is 9.85. The number of pyridine rings is 1. The summed E-state index contributed by atoms with van der Waals surface area (Å²) in [6.07, 6.45) is 3.84. The van der Waals surface area contributed by atoms with E-state index in [2.05, 4.69) is 4.98 Å². The summed E-state index contributed by atoms with van der Waals surface area (Å²) in [4.78, 5) is 18.6. The molecule has 3 rings (SSSR count). The minimum absolute atomic E-state index is 0.0425. The van der Waals surface area contributed by atoms with Gasteiger partial charge in [-0.05, 0) is 56.9 Å². The molecule has 0 saturated carbocycles. The monoisotopic (exact) mass is 354 g/mol. The number of aromatic nitrogens is 1. The van der Waals surface area contributed by atoms with Crippen LogP contribution in [0.2, 0.25) is 0 Å². The number of ether oxygens (including phenoxy) is 1. The van der Waals surface area contributed by atoms with Crippen LogP contribution in [0, 0.1) is 13.8 Å². The van der Waals surface area contributed by atoms with Crippen molar-refractivity contribution in [1.29, 1.82) is 0 Å². The molecule has 1 amide bonds. The van der Waals surface area contributed by atoms with Crippen LogP contribution in [0.3, 0.4) is 0 Å². The number of aliphatic hydroxyl groups is 1. The van der Waals surface area contributed by atoms with E-state index in [0.717, 1.165) is 22.4 Å². The zero-order valence-corrected chi connectivity index (χ0v) is 15.6. The van der Waals surface area contributed by atoms with Crippen LogP contribution in [-0.4, -0.2) is 40.1 Å². The Labute approximate surface area is 154 Å². The van der Waals surface area contributed by atoms with Gasteiger partial charge in [0.15, 0.2) is 6.10 Å². The van der Waals surface area contributed by atoms with E-state index in [-0.39, 0.29) is 5.91 Å². The Morgan fingerprint density at radius 3 is 2.65 bits per heavy atom. The molecular formula is C21H26N2O3. The quantitative estimate of drug-likeness (QED) is 0.917. The van der Waals surface area contributed by atoms with Crippen molar-refractivity contribution in [2.24, 2.45) is 0 Å². The second kappa shape index (κ2) is 7.46. The van der Waals surface area contributed by atoms with Gasteiger partial charge in [0.2, 0.25) is 0 Å². The van der Waals surface area contributed by atoms with Crippen molar-refractivity contribution in [2.75, 3.05) is 13.1 Å². The number of carbonyl (C=O) groups excluding carboxylic acids is 1. The third kappa shape index (κ3) is 3.88. The lowest BCUT2D eigenvalue weighted by molar-refractivity contribution is -0.142. The molecule has 1 unspecified atom stereocenters. The van der Waals surface area contributed by atoms with Gasteiger partial charge in [0.05, 0.1) is 5.60 Å². The van der Waals surface area contributed by atoms with Gasteiger partial charge in [-0.15, -0.1) is 0 Å². The first-order chi connectivity index (χ1) is 12.4. The zero-order chi connectivity index (χ0) is 18.7. The molecule has 5 heteroatoms. The number of benzene rings is 1. The molecule has 1 saturated heterocycles. The summed E-state index contributed by atoms with van der Waals surface area (Å²) in [6.45, 7) is 6.77. The number of rotatable bonds is 4. The molecule has 1 aliphatic rings. The number of piperidine rings is 1. The number of aryl methyl sites for hydroxylation is 2. The van der Waals surface area contributed by atoms with Crippen molar-refractivity contribution in [3.05, 3.63) is 59.4 Å². The van der Waals surface area contributed by atoms with Crippen LogP contribution >= 0.6 is 0 Å². The summed E-state index contributed by atoms with van der Waals surface area (Å²) in [5.41, 5.74) is 2.01. The predicted molar refractivity (Wildman–Crippen MR) is 100.0 cm³/mol. The summed E-state index contributed by atoms with van der Waals surface area (Å²) < 4.78 is 5.91. The third-order valence-corrected chi connectivity index (χ3v) is 5.10. The Bertz CT molecular complexity index is 768. The van der Waals surface area contributed by atoms with Crippen LogP contribution in [0.25, 0.3) is 0 Å². The molecule has 1 aromatic carbocycles. The average molecular weight is 354 g/mol. The Morgan fingerprint density at radius 2 is 2.00 bits per heavy atom. The molecule has 138 valence electrons. The Morgan fingerprint density at radius 1 is 1.27 bits per heavy atom. The number of likely N-dealkylation sites (tertiary alicyclic amines) is 1. The standard InChI is InChI=1S/C21H26N2O3/c1-15-6-7-16(2)19(13-15)26-17(3)20(24)23-11-8-21(25,9-12-23)18-5-4-10-22-14-18/h4-7,10,13-14,17,25H,8-9,11-12H2,1-3H3. The average Bonchev–Trinajstić information content (AvgIpc) is 2.65. The van der Waals surface area contributed by atoms with E-state index < -0.39 is 11.7 Å².